The van der Waals surface area contributed by atoms with Gasteiger partial charge in [0.05, 0.1) is 5.52 Å². The van der Waals surface area contributed by atoms with Crippen molar-refractivity contribution < 1.29 is 0 Å². The molecule has 0 aliphatic carbocycles. The molecular weight excluding hydrogens is 226 g/mol. The lowest BCUT2D eigenvalue weighted by atomic mass is 10.2. The molecule has 1 aromatic carbocycles. The summed E-state index contributed by atoms with van der Waals surface area (Å²) in [7, 11) is 0. The molecule has 0 N–H and O–H groups in total. The summed E-state index contributed by atoms with van der Waals surface area (Å²) in [6.45, 7) is 4.34. The number of aromatic nitrogens is 1. The van der Waals surface area contributed by atoms with Gasteiger partial charge in [0.25, 0.3) is 0 Å². The summed E-state index contributed by atoms with van der Waals surface area (Å²) >= 11 is 10.4. The second kappa shape index (κ2) is 4.11. The van der Waals surface area contributed by atoms with Crippen LogP contribution in [0, 0.1) is 0 Å². The number of nitrogens with zero attached hydrogens (tertiary/aromatic N) is 1. The van der Waals surface area contributed by atoms with E-state index in [1.165, 1.54) is 16.5 Å². The fourth-order valence-electron chi connectivity index (χ4n) is 1.85. The lowest BCUT2D eigenvalue weighted by molar-refractivity contribution is 0.622. The van der Waals surface area contributed by atoms with Gasteiger partial charge in [-0.1, -0.05) is 17.7 Å². The van der Waals surface area contributed by atoms with Crippen molar-refractivity contribution in [3.05, 3.63) is 35.0 Å². The Morgan fingerprint density at radius 1 is 1.40 bits per heavy atom. The van der Waals surface area contributed by atoms with Crippen LogP contribution in [0.4, 0.5) is 0 Å². The predicted molar refractivity (Wildman–Crippen MR) is 70.0 cm³/mol. The molecule has 3 heteroatoms. The molecule has 1 aromatic heterocycles. The van der Waals surface area contributed by atoms with E-state index in [1.54, 1.807) is 0 Å². The Morgan fingerprint density at radius 2 is 2.13 bits per heavy atom. The molecule has 0 spiro atoms. The van der Waals surface area contributed by atoms with Gasteiger partial charge >= 0.3 is 0 Å². The van der Waals surface area contributed by atoms with Gasteiger partial charge in [0, 0.05) is 28.4 Å². The first-order valence-corrected chi connectivity index (χ1v) is 6.04. The third-order valence-electron chi connectivity index (χ3n) is 2.61. The Labute approximate surface area is 100 Å². The van der Waals surface area contributed by atoms with Gasteiger partial charge in [-0.2, -0.15) is 12.6 Å². The quantitative estimate of drug-likeness (QED) is 0.746. The molecule has 1 nitrogen and oxygen atoms in total. The minimum atomic E-state index is 0.444. The van der Waals surface area contributed by atoms with Crippen molar-refractivity contribution in [1.29, 1.82) is 0 Å². The second-order valence-electron chi connectivity index (χ2n) is 3.97. The highest BCUT2D eigenvalue weighted by Crippen LogP contribution is 2.28. The van der Waals surface area contributed by atoms with Crippen molar-refractivity contribution >= 4 is 35.1 Å². The van der Waals surface area contributed by atoms with E-state index in [4.69, 9.17) is 11.6 Å². The highest BCUT2D eigenvalue weighted by Gasteiger charge is 2.09. The maximum atomic E-state index is 6.02. The molecule has 2 rings (SSSR count). The zero-order chi connectivity index (χ0) is 11.0. The van der Waals surface area contributed by atoms with Crippen LogP contribution < -0.4 is 0 Å². The Kier molecular flexibility index (Phi) is 2.98. The molecule has 0 atom stereocenters. The molecule has 0 bridgehead atoms. The predicted octanol–water partition coefficient (Wildman–Crippen LogP) is 4.31. The van der Waals surface area contributed by atoms with Crippen molar-refractivity contribution in [1.82, 2.24) is 4.57 Å². The Balaban J connectivity index is 2.76. The molecule has 0 saturated heterocycles. The van der Waals surface area contributed by atoms with Gasteiger partial charge in [0.2, 0.25) is 0 Å². The molecule has 0 aliphatic heterocycles. The van der Waals surface area contributed by atoms with Crippen molar-refractivity contribution in [3.63, 3.8) is 0 Å². The minimum Gasteiger partial charge on any atom is -0.345 e. The van der Waals surface area contributed by atoms with Crippen LogP contribution in [0.3, 0.4) is 0 Å². The summed E-state index contributed by atoms with van der Waals surface area (Å²) in [5.74, 6) is 0.762. The summed E-state index contributed by atoms with van der Waals surface area (Å²) in [6.07, 6.45) is 2.17. The SMILES string of the molecule is CC(C)n1cc(CS)c2ccc(Cl)cc21. The zero-order valence-electron chi connectivity index (χ0n) is 8.87. The summed E-state index contributed by atoms with van der Waals surface area (Å²) in [6, 6.07) is 6.47. The molecule has 15 heavy (non-hydrogen) atoms. The molecule has 0 fully saturated rings. The molecule has 1 heterocycles. The van der Waals surface area contributed by atoms with Gasteiger partial charge in [0.15, 0.2) is 0 Å². The number of benzene rings is 1. The lowest BCUT2D eigenvalue weighted by Gasteiger charge is -2.08. The smallest absolute Gasteiger partial charge is 0.0500 e. The topological polar surface area (TPSA) is 4.93 Å². The summed E-state index contributed by atoms with van der Waals surface area (Å²) in [5.41, 5.74) is 2.46. The maximum Gasteiger partial charge on any atom is 0.0500 e. The van der Waals surface area contributed by atoms with Crippen LogP contribution in [0.5, 0.6) is 0 Å². The molecule has 0 radical (unpaired) electrons. The van der Waals surface area contributed by atoms with Crippen LogP contribution >= 0.6 is 24.2 Å². The van der Waals surface area contributed by atoms with E-state index in [-0.39, 0.29) is 0 Å². The monoisotopic (exact) mass is 239 g/mol. The standard InChI is InChI=1S/C12H14ClNS/c1-8(2)14-6-9(7-15)11-4-3-10(13)5-12(11)14/h3-6,8,15H,7H2,1-2H3. The van der Waals surface area contributed by atoms with Gasteiger partial charge in [-0.15, -0.1) is 0 Å². The highest BCUT2D eigenvalue weighted by atomic mass is 35.5. The van der Waals surface area contributed by atoms with E-state index in [9.17, 15) is 0 Å². The van der Waals surface area contributed by atoms with Crippen LogP contribution in [0.1, 0.15) is 25.5 Å². The first kappa shape index (κ1) is 10.9. The van der Waals surface area contributed by atoms with Crippen LogP contribution in [0.15, 0.2) is 24.4 Å². The highest BCUT2D eigenvalue weighted by molar-refractivity contribution is 7.79. The van der Waals surface area contributed by atoms with Gasteiger partial charge in [-0.3, -0.25) is 0 Å². The average Bonchev–Trinajstić information content (AvgIpc) is 2.55. The number of rotatable bonds is 2. The Hall–Kier alpha value is -0.600. The molecule has 0 aliphatic rings. The summed E-state index contributed by atoms with van der Waals surface area (Å²) in [4.78, 5) is 0. The Morgan fingerprint density at radius 3 is 2.73 bits per heavy atom. The van der Waals surface area contributed by atoms with Crippen LogP contribution in [0.2, 0.25) is 5.02 Å². The van der Waals surface area contributed by atoms with E-state index in [0.29, 0.717) is 6.04 Å². The molecule has 80 valence electrons. The van der Waals surface area contributed by atoms with Gasteiger partial charge < -0.3 is 4.57 Å². The first-order valence-electron chi connectivity index (χ1n) is 5.03. The van der Waals surface area contributed by atoms with E-state index in [1.807, 2.05) is 12.1 Å². The van der Waals surface area contributed by atoms with E-state index in [0.717, 1.165) is 10.8 Å². The van der Waals surface area contributed by atoms with Gasteiger partial charge in [-0.25, -0.2) is 0 Å². The fourth-order valence-corrected chi connectivity index (χ4v) is 2.27. The minimum absolute atomic E-state index is 0.444. The number of hydrogen-bond donors (Lipinski definition) is 1. The third kappa shape index (κ3) is 1.88. The lowest BCUT2D eigenvalue weighted by Crippen LogP contribution is -1.97. The van der Waals surface area contributed by atoms with Crippen molar-refractivity contribution in [2.45, 2.75) is 25.6 Å². The average molecular weight is 240 g/mol. The zero-order valence-corrected chi connectivity index (χ0v) is 10.5. The first-order chi connectivity index (χ1) is 7.13. The summed E-state index contributed by atoms with van der Waals surface area (Å²) in [5, 5.41) is 2.04. The van der Waals surface area contributed by atoms with Crippen LogP contribution in [-0.2, 0) is 5.75 Å². The molecule has 0 amide bonds. The van der Waals surface area contributed by atoms with Crippen molar-refractivity contribution in [2.75, 3.05) is 0 Å². The molecule has 2 aromatic rings. The van der Waals surface area contributed by atoms with Crippen LogP contribution in [-0.4, -0.2) is 4.57 Å². The van der Waals surface area contributed by atoms with Crippen molar-refractivity contribution in [2.24, 2.45) is 0 Å². The largest absolute Gasteiger partial charge is 0.345 e. The normalized spacial score (nSPS) is 11.5. The number of hydrogen-bond acceptors (Lipinski definition) is 1. The van der Waals surface area contributed by atoms with Crippen molar-refractivity contribution in [3.8, 4) is 0 Å². The fraction of sp³-hybridized carbons (Fsp3) is 0.333. The van der Waals surface area contributed by atoms with E-state index < -0.39 is 0 Å². The molecule has 0 unspecified atom stereocenters. The number of thiol groups is 1. The summed E-state index contributed by atoms with van der Waals surface area (Å²) < 4.78 is 2.24. The molecular formula is C12H14ClNS. The van der Waals surface area contributed by atoms with Gasteiger partial charge in [-0.05, 0) is 31.5 Å². The number of fused-ring (bicyclic) bond motifs is 1. The molecule has 0 saturated carbocycles. The van der Waals surface area contributed by atoms with Gasteiger partial charge in [0.1, 0.15) is 0 Å². The number of halogens is 1. The van der Waals surface area contributed by atoms with E-state index >= 15 is 0 Å². The Bertz CT molecular complexity index is 488. The van der Waals surface area contributed by atoms with Crippen LogP contribution in [0.25, 0.3) is 10.9 Å². The maximum absolute atomic E-state index is 6.02. The second-order valence-corrected chi connectivity index (χ2v) is 4.73. The van der Waals surface area contributed by atoms with E-state index in [2.05, 4.69) is 43.3 Å². The third-order valence-corrected chi connectivity index (χ3v) is 3.18.